The molecular formula is C29H45ClN2O6. The lowest BCUT2D eigenvalue weighted by atomic mass is 10.0. The maximum absolute atomic E-state index is 13.0. The second kappa shape index (κ2) is 13.8. The zero-order valence-electron chi connectivity index (χ0n) is 23.2. The summed E-state index contributed by atoms with van der Waals surface area (Å²) in [5.74, 6) is -2.02. The first-order valence-electron chi connectivity index (χ1n) is 14.4. The van der Waals surface area contributed by atoms with E-state index in [1.165, 1.54) is 32.1 Å². The molecule has 9 heteroatoms. The Morgan fingerprint density at radius 3 is 2.47 bits per heavy atom. The number of amides is 1. The van der Waals surface area contributed by atoms with Crippen molar-refractivity contribution in [2.24, 2.45) is 0 Å². The van der Waals surface area contributed by atoms with Gasteiger partial charge in [-0.2, -0.15) is 0 Å². The van der Waals surface area contributed by atoms with Gasteiger partial charge in [0.05, 0.1) is 0 Å². The van der Waals surface area contributed by atoms with Crippen molar-refractivity contribution < 1.29 is 28.5 Å². The summed E-state index contributed by atoms with van der Waals surface area (Å²) in [7, 11) is 0. The molecule has 1 aromatic carbocycles. The Hall–Kier alpha value is -1.42. The number of carbonyl (C=O) groups is 1. The summed E-state index contributed by atoms with van der Waals surface area (Å²) < 4.78 is 31.5. The molecule has 3 fully saturated rings. The van der Waals surface area contributed by atoms with Crippen LogP contribution >= 0.6 is 11.6 Å². The molecule has 38 heavy (non-hydrogen) atoms. The maximum Gasteiger partial charge on any atom is 0.412 e. The van der Waals surface area contributed by atoms with Crippen LogP contribution < -0.4 is 5.32 Å². The van der Waals surface area contributed by atoms with Crippen LogP contribution in [-0.2, 0) is 23.7 Å². The molecule has 0 saturated carbocycles. The van der Waals surface area contributed by atoms with Crippen molar-refractivity contribution in [2.45, 2.75) is 108 Å². The molecule has 3 heterocycles. The molecule has 1 amide bonds. The predicted octanol–water partition coefficient (Wildman–Crippen LogP) is 6.37. The van der Waals surface area contributed by atoms with Gasteiger partial charge in [-0.1, -0.05) is 57.0 Å². The Morgan fingerprint density at radius 1 is 1.05 bits per heavy atom. The van der Waals surface area contributed by atoms with Crippen LogP contribution in [0.15, 0.2) is 24.3 Å². The summed E-state index contributed by atoms with van der Waals surface area (Å²) in [6.07, 6.45) is 8.37. The number of hydrogen-bond donors (Lipinski definition) is 1. The van der Waals surface area contributed by atoms with E-state index in [1.807, 2.05) is 13.8 Å². The fraction of sp³-hybridized carbons (Fsp3) is 0.759. The van der Waals surface area contributed by atoms with E-state index >= 15 is 0 Å². The fourth-order valence-corrected chi connectivity index (χ4v) is 5.77. The van der Waals surface area contributed by atoms with E-state index < -0.39 is 36.0 Å². The minimum absolute atomic E-state index is 0.226. The molecule has 0 radical (unpaired) electrons. The van der Waals surface area contributed by atoms with Gasteiger partial charge in [-0.15, -0.1) is 0 Å². The van der Waals surface area contributed by atoms with Crippen LogP contribution in [0.4, 0.5) is 10.5 Å². The molecule has 4 atom stereocenters. The lowest BCUT2D eigenvalue weighted by Gasteiger charge is -2.31. The average Bonchev–Trinajstić information content (AvgIpc) is 3.12. The summed E-state index contributed by atoms with van der Waals surface area (Å²) in [6.45, 7) is 9.43. The molecular weight excluding hydrogens is 508 g/mol. The number of ether oxygens (including phenoxy) is 5. The van der Waals surface area contributed by atoms with Crippen molar-refractivity contribution in [3.63, 3.8) is 0 Å². The van der Waals surface area contributed by atoms with Gasteiger partial charge in [-0.3, -0.25) is 5.32 Å². The number of anilines is 1. The van der Waals surface area contributed by atoms with Crippen LogP contribution in [-0.4, -0.2) is 73.7 Å². The summed E-state index contributed by atoms with van der Waals surface area (Å²) in [4.78, 5) is 15.4. The smallest absolute Gasteiger partial charge is 0.412 e. The first-order chi connectivity index (χ1) is 18.3. The number of rotatable bonds is 12. The summed E-state index contributed by atoms with van der Waals surface area (Å²) in [5.41, 5.74) is 0.601. The molecule has 1 aromatic rings. The molecule has 0 aliphatic carbocycles. The molecule has 214 valence electrons. The van der Waals surface area contributed by atoms with Crippen molar-refractivity contribution in [3.05, 3.63) is 29.3 Å². The lowest BCUT2D eigenvalue weighted by Crippen LogP contribution is -2.46. The van der Waals surface area contributed by atoms with Gasteiger partial charge in [-0.05, 0) is 70.5 Å². The first-order valence-corrected chi connectivity index (χ1v) is 14.8. The van der Waals surface area contributed by atoms with E-state index in [4.69, 9.17) is 35.3 Å². The van der Waals surface area contributed by atoms with Gasteiger partial charge < -0.3 is 28.6 Å². The molecule has 8 nitrogen and oxygen atoms in total. The van der Waals surface area contributed by atoms with Crippen LogP contribution in [0.5, 0.6) is 0 Å². The third-order valence-corrected chi connectivity index (χ3v) is 7.70. The van der Waals surface area contributed by atoms with Crippen molar-refractivity contribution in [3.8, 4) is 0 Å². The van der Waals surface area contributed by atoms with Gasteiger partial charge in [0, 0.05) is 23.9 Å². The Labute approximate surface area is 232 Å². The number of nitrogens with zero attached hydrogens (tertiary/aromatic N) is 1. The van der Waals surface area contributed by atoms with E-state index in [0.29, 0.717) is 23.9 Å². The third kappa shape index (κ3) is 8.05. The molecule has 3 aliphatic heterocycles. The van der Waals surface area contributed by atoms with E-state index in [1.54, 1.807) is 24.3 Å². The van der Waals surface area contributed by atoms with Gasteiger partial charge in [0.1, 0.15) is 12.7 Å². The number of likely N-dealkylation sites (tertiary alicyclic amines) is 1. The van der Waals surface area contributed by atoms with E-state index in [9.17, 15) is 4.79 Å². The van der Waals surface area contributed by atoms with Crippen molar-refractivity contribution in [1.29, 1.82) is 0 Å². The Bertz CT molecular complexity index is 876. The highest BCUT2D eigenvalue weighted by molar-refractivity contribution is 6.30. The predicted molar refractivity (Wildman–Crippen MR) is 147 cm³/mol. The third-order valence-electron chi connectivity index (χ3n) is 7.44. The topological polar surface area (TPSA) is 78.5 Å². The van der Waals surface area contributed by atoms with Gasteiger partial charge in [0.15, 0.2) is 18.0 Å². The minimum atomic E-state index is -1.13. The van der Waals surface area contributed by atoms with Gasteiger partial charge in [0.25, 0.3) is 0 Å². The van der Waals surface area contributed by atoms with Gasteiger partial charge in [0.2, 0.25) is 5.79 Å². The standard InChI is InChI=1S/C29H45ClN2O6/c1-4-5-6-9-12-19-34-21-29-26(37-28(2,3)38-29)25(24(36-29)20-32-17-10-7-8-11-18-32)35-27(33)31-23-15-13-22(30)14-16-23/h13-16,24-26H,4-12,17-21H2,1-3H3,(H,31,33)/t24-,25+,26-,29-/m0/s1. The largest absolute Gasteiger partial charge is 0.440 e. The van der Waals surface area contributed by atoms with E-state index in [0.717, 1.165) is 38.8 Å². The molecule has 3 saturated heterocycles. The van der Waals surface area contributed by atoms with Crippen LogP contribution in [0, 0.1) is 0 Å². The molecule has 0 aromatic heterocycles. The number of benzene rings is 1. The molecule has 3 aliphatic rings. The molecule has 0 spiro atoms. The highest BCUT2D eigenvalue weighted by Crippen LogP contribution is 2.47. The zero-order valence-corrected chi connectivity index (χ0v) is 24.0. The Kier molecular flexibility index (Phi) is 10.7. The zero-order chi connectivity index (χ0) is 27.0. The average molecular weight is 553 g/mol. The second-order valence-corrected chi connectivity index (χ2v) is 11.6. The van der Waals surface area contributed by atoms with E-state index in [2.05, 4.69) is 17.1 Å². The fourth-order valence-electron chi connectivity index (χ4n) is 5.64. The highest BCUT2D eigenvalue weighted by Gasteiger charge is 2.66. The number of halogens is 1. The first kappa shape index (κ1) is 29.6. The van der Waals surface area contributed by atoms with Crippen LogP contribution in [0.1, 0.15) is 78.6 Å². The van der Waals surface area contributed by atoms with Crippen molar-refractivity contribution in [1.82, 2.24) is 4.90 Å². The van der Waals surface area contributed by atoms with Crippen LogP contribution in [0.3, 0.4) is 0 Å². The summed E-state index contributed by atoms with van der Waals surface area (Å²) >= 11 is 5.99. The van der Waals surface area contributed by atoms with Crippen LogP contribution in [0.25, 0.3) is 0 Å². The van der Waals surface area contributed by atoms with Crippen molar-refractivity contribution in [2.75, 3.05) is 38.2 Å². The van der Waals surface area contributed by atoms with Crippen molar-refractivity contribution >= 4 is 23.4 Å². The van der Waals surface area contributed by atoms with Gasteiger partial charge >= 0.3 is 6.09 Å². The molecule has 0 unspecified atom stereocenters. The minimum Gasteiger partial charge on any atom is -0.440 e. The lowest BCUT2D eigenvalue weighted by molar-refractivity contribution is -0.279. The highest BCUT2D eigenvalue weighted by atomic mass is 35.5. The molecule has 4 rings (SSSR count). The number of unbranched alkanes of at least 4 members (excludes halogenated alkanes) is 4. The number of fused-ring (bicyclic) bond motifs is 1. The summed E-state index contributed by atoms with van der Waals surface area (Å²) in [6, 6.07) is 6.92. The SMILES string of the molecule is CCCCCCCOC[C@@]12O[C@@H](CN3CCCCCC3)[C@@H](OC(=O)Nc3ccc(Cl)cc3)[C@@H]1OC(C)(C)O2. The van der Waals surface area contributed by atoms with Crippen LogP contribution in [0.2, 0.25) is 5.02 Å². The monoisotopic (exact) mass is 552 g/mol. The second-order valence-electron chi connectivity index (χ2n) is 11.2. The molecule has 1 N–H and O–H groups in total. The Morgan fingerprint density at radius 2 is 1.76 bits per heavy atom. The van der Waals surface area contributed by atoms with E-state index in [-0.39, 0.29) is 6.61 Å². The quantitative estimate of drug-likeness (QED) is 0.302. The Balaban J connectivity index is 1.46. The summed E-state index contributed by atoms with van der Waals surface area (Å²) in [5, 5.41) is 3.40. The number of carbonyl (C=O) groups excluding carboxylic acids is 1. The number of nitrogens with one attached hydrogen (secondary N) is 1. The molecule has 0 bridgehead atoms. The normalized spacial score (nSPS) is 29.1. The maximum atomic E-state index is 13.0. The number of hydrogen-bond acceptors (Lipinski definition) is 7. The van der Waals surface area contributed by atoms with Gasteiger partial charge in [-0.25, -0.2) is 4.79 Å².